The van der Waals surface area contributed by atoms with Gasteiger partial charge in [0.25, 0.3) is 0 Å². The summed E-state index contributed by atoms with van der Waals surface area (Å²) in [5.74, 6) is 0.718. The number of hydrogen-bond donors (Lipinski definition) is 1. The van der Waals surface area contributed by atoms with Crippen LogP contribution >= 0.6 is 0 Å². The molecule has 0 unspecified atom stereocenters. The summed E-state index contributed by atoms with van der Waals surface area (Å²) in [7, 11) is 0. The summed E-state index contributed by atoms with van der Waals surface area (Å²) in [6.45, 7) is 3.85. The monoisotopic (exact) mass is 175 g/mol. The molecule has 2 aromatic rings. The molecule has 0 spiro atoms. The Hall–Kier alpha value is -1.78. The predicted octanol–water partition coefficient (Wildman–Crippen LogP) is 1.47. The number of rotatable bonds is 1. The molecule has 5 nitrogen and oxygen atoms in total. The Bertz CT molecular complexity index is 452. The molecule has 0 aliphatic carbocycles. The SMILES string of the molecule is CC(C)=Nc1[nH]nc2ncncc12. The van der Waals surface area contributed by atoms with Gasteiger partial charge in [0.05, 0.1) is 5.39 Å². The first-order chi connectivity index (χ1) is 6.27. The number of nitrogens with zero attached hydrogens (tertiary/aromatic N) is 4. The van der Waals surface area contributed by atoms with Gasteiger partial charge in [0.1, 0.15) is 6.33 Å². The van der Waals surface area contributed by atoms with Crippen LogP contribution < -0.4 is 0 Å². The van der Waals surface area contributed by atoms with Crippen LogP contribution in [0, 0.1) is 0 Å². The second kappa shape index (κ2) is 2.93. The second-order valence-electron chi connectivity index (χ2n) is 2.89. The Balaban J connectivity index is 2.65. The molecule has 1 N–H and O–H groups in total. The summed E-state index contributed by atoms with van der Waals surface area (Å²) in [5, 5.41) is 7.64. The van der Waals surface area contributed by atoms with E-state index in [4.69, 9.17) is 0 Å². The lowest BCUT2D eigenvalue weighted by molar-refractivity contribution is 1.08. The van der Waals surface area contributed by atoms with E-state index in [2.05, 4.69) is 25.2 Å². The highest BCUT2D eigenvalue weighted by atomic mass is 15.2. The third-order valence-electron chi connectivity index (χ3n) is 1.55. The molecule has 2 rings (SSSR count). The molecule has 5 heteroatoms. The Morgan fingerprint density at radius 2 is 2.31 bits per heavy atom. The number of fused-ring (bicyclic) bond motifs is 1. The number of H-pyrrole nitrogens is 1. The highest BCUT2D eigenvalue weighted by Crippen LogP contribution is 2.19. The van der Waals surface area contributed by atoms with Gasteiger partial charge in [-0.2, -0.15) is 5.10 Å². The molecule has 13 heavy (non-hydrogen) atoms. The van der Waals surface area contributed by atoms with Crippen molar-refractivity contribution in [3.8, 4) is 0 Å². The molecule has 66 valence electrons. The maximum atomic E-state index is 4.27. The fourth-order valence-electron chi connectivity index (χ4n) is 1.05. The molecular formula is C8H9N5. The fourth-order valence-corrected chi connectivity index (χ4v) is 1.05. The van der Waals surface area contributed by atoms with E-state index in [-0.39, 0.29) is 0 Å². The highest BCUT2D eigenvalue weighted by Gasteiger charge is 2.03. The first-order valence-corrected chi connectivity index (χ1v) is 3.93. The van der Waals surface area contributed by atoms with Gasteiger partial charge in [-0.15, -0.1) is 0 Å². The van der Waals surface area contributed by atoms with Crippen LogP contribution in [0.25, 0.3) is 11.0 Å². The van der Waals surface area contributed by atoms with E-state index in [0.29, 0.717) is 5.65 Å². The van der Waals surface area contributed by atoms with Crippen molar-refractivity contribution in [3.05, 3.63) is 12.5 Å². The quantitative estimate of drug-likeness (QED) is 0.667. The third-order valence-corrected chi connectivity index (χ3v) is 1.55. The van der Waals surface area contributed by atoms with E-state index in [1.807, 2.05) is 13.8 Å². The largest absolute Gasteiger partial charge is 0.259 e. The number of aromatic nitrogens is 4. The number of aliphatic imine (C=N–C) groups is 1. The van der Waals surface area contributed by atoms with Crippen molar-refractivity contribution >= 4 is 22.6 Å². The van der Waals surface area contributed by atoms with E-state index in [0.717, 1.165) is 16.9 Å². The van der Waals surface area contributed by atoms with E-state index in [1.165, 1.54) is 6.33 Å². The maximum absolute atomic E-state index is 4.27. The molecule has 0 aliphatic heterocycles. The van der Waals surface area contributed by atoms with Gasteiger partial charge in [-0.1, -0.05) is 0 Å². The van der Waals surface area contributed by atoms with Crippen molar-refractivity contribution in [2.45, 2.75) is 13.8 Å². The Kier molecular flexibility index (Phi) is 1.77. The lowest BCUT2D eigenvalue weighted by atomic mass is 10.4. The zero-order chi connectivity index (χ0) is 9.26. The molecule has 0 bridgehead atoms. The summed E-state index contributed by atoms with van der Waals surface area (Å²) in [6, 6.07) is 0. The minimum absolute atomic E-state index is 0.648. The number of nitrogens with one attached hydrogen (secondary N) is 1. The lowest BCUT2D eigenvalue weighted by Gasteiger charge is -1.89. The summed E-state index contributed by atoms with van der Waals surface area (Å²) in [5.41, 5.74) is 1.62. The average molecular weight is 175 g/mol. The van der Waals surface area contributed by atoms with E-state index >= 15 is 0 Å². The van der Waals surface area contributed by atoms with Gasteiger partial charge in [-0.25, -0.2) is 15.0 Å². The molecule has 0 radical (unpaired) electrons. The van der Waals surface area contributed by atoms with Gasteiger partial charge in [-0.3, -0.25) is 5.10 Å². The van der Waals surface area contributed by atoms with Crippen molar-refractivity contribution in [1.82, 2.24) is 20.2 Å². The molecule has 0 saturated carbocycles. The summed E-state index contributed by atoms with van der Waals surface area (Å²) < 4.78 is 0. The molecule has 0 atom stereocenters. The minimum atomic E-state index is 0.648. The lowest BCUT2D eigenvalue weighted by Crippen LogP contribution is -1.79. The van der Waals surface area contributed by atoms with Crippen molar-refractivity contribution in [2.24, 2.45) is 4.99 Å². The second-order valence-corrected chi connectivity index (χ2v) is 2.89. The highest BCUT2D eigenvalue weighted by molar-refractivity contribution is 5.90. The van der Waals surface area contributed by atoms with Gasteiger partial charge < -0.3 is 0 Å². The Morgan fingerprint density at radius 3 is 3.08 bits per heavy atom. The van der Waals surface area contributed by atoms with Crippen molar-refractivity contribution in [1.29, 1.82) is 0 Å². The van der Waals surface area contributed by atoms with Crippen LogP contribution in [-0.2, 0) is 0 Å². The maximum Gasteiger partial charge on any atom is 0.186 e. The summed E-state index contributed by atoms with van der Waals surface area (Å²) in [6.07, 6.45) is 3.17. The van der Waals surface area contributed by atoms with Crippen LogP contribution in [0.4, 0.5) is 5.82 Å². The van der Waals surface area contributed by atoms with Crippen LogP contribution in [0.1, 0.15) is 13.8 Å². The van der Waals surface area contributed by atoms with Gasteiger partial charge in [-0.05, 0) is 13.8 Å². The van der Waals surface area contributed by atoms with Crippen molar-refractivity contribution in [2.75, 3.05) is 0 Å². The minimum Gasteiger partial charge on any atom is -0.259 e. The number of aromatic amines is 1. The first-order valence-electron chi connectivity index (χ1n) is 3.93. The van der Waals surface area contributed by atoms with Crippen LogP contribution in [-0.4, -0.2) is 25.9 Å². The molecule has 2 heterocycles. The van der Waals surface area contributed by atoms with Gasteiger partial charge in [0.2, 0.25) is 0 Å². The van der Waals surface area contributed by atoms with Crippen LogP contribution in [0.5, 0.6) is 0 Å². The molecule has 0 amide bonds. The zero-order valence-corrected chi connectivity index (χ0v) is 7.44. The predicted molar refractivity (Wildman–Crippen MR) is 50.1 cm³/mol. The van der Waals surface area contributed by atoms with Gasteiger partial charge in [0, 0.05) is 11.9 Å². The summed E-state index contributed by atoms with van der Waals surface area (Å²) >= 11 is 0. The molecular weight excluding hydrogens is 166 g/mol. The third kappa shape index (κ3) is 1.40. The smallest absolute Gasteiger partial charge is 0.186 e. The van der Waals surface area contributed by atoms with E-state index in [1.54, 1.807) is 6.20 Å². The zero-order valence-electron chi connectivity index (χ0n) is 7.44. The van der Waals surface area contributed by atoms with Crippen molar-refractivity contribution in [3.63, 3.8) is 0 Å². The molecule has 0 fully saturated rings. The number of hydrogen-bond acceptors (Lipinski definition) is 4. The van der Waals surface area contributed by atoms with Crippen LogP contribution in [0.15, 0.2) is 17.5 Å². The molecule has 2 aromatic heterocycles. The molecule has 0 saturated heterocycles. The summed E-state index contributed by atoms with van der Waals surface area (Å²) in [4.78, 5) is 12.2. The van der Waals surface area contributed by atoms with E-state index < -0.39 is 0 Å². The van der Waals surface area contributed by atoms with Crippen LogP contribution in [0.2, 0.25) is 0 Å². The Morgan fingerprint density at radius 1 is 1.46 bits per heavy atom. The molecule has 0 aliphatic rings. The molecule has 0 aromatic carbocycles. The van der Waals surface area contributed by atoms with Gasteiger partial charge in [0.15, 0.2) is 11.5 Å². The fraction of sp³-hybridized carbons (Fsp3) is 0.250. The van der Waals surface area contributed by atoms with Gasteiger partial charge >= 0.3 is 0 Å². The average Bonchev–Trinajstić information content (AvgIpc) is 2.48. The normalized spacial score (nSPS) is 10.3. The standard InChI is InChI=1S/C8H9N5/c1-5(2)11-8-6-3-9-4-10-7(6)12-13-8/h3-4H,1-2H3,(H,9,10,12,13). The van der Waals surface area contributed by atoms with E-state index in [9.17, 15) is 0 Å². The Labute approximate surface area is 74.9 Å². The first kappa shape index (κ1) is 7.85. The van der Waals surface area contributed by atoms with Crippen LogP contribution in [0.3, 0.4) is 0 Å². The van der Waals surface area contributed by atoms with Crippen molar-refractivity contribution < 1.29 is 0 Å². The topological polar surface area (TPSA) is 66.8 Å².